The van der Waals surface area contributed by atoms with Gasteiger partial charge in [-0.3, -0.25) is 4.79 Å². The molecule has 0 bridgehead atoms. The fourth-order valence-corrected chi connectivity index (χ4v) is 2.86. The van der Waals surface area contributed by atoms with Crippen LogP contribution in [0.25, 0.3) is 6.08 Å². The van der Waals surface area contributed by atoms with Crippen LogP contribution in [0.15, 0.2) is 36.4 Å². The zero-order chi connectivity index (χ0) is 20.1. The number of aryl methyl sites for hydroxylation is 1. The third-order valence-corrected chi connectivity index (χ3v) is 4.10. The van der Waals surface area contributed by atoms with Crippen molar-refractivity contribution in [3.63, 3.8) is 0 Å². The van der Waals surface area contributed by atoms with Gasteiger partial charge in [-0.15, -0.1) is 0 Å². The molecule has 148 valence electrons. The Bertz CT molecular complexity index is 871. The maximum absolute atomic E-state index is 12.3. The molecule has 1 heterocycles. The predicted molar refractivity (Wildman–Crippen MR) is 109 cm³/mol. The SMILES string of the molecule is COc1cc(/C=C/C(=O)Nc2ccc(OC(C)C)cc2C)cc2c1OCCO2. The fraction of sp³-hybridized carbons (Fsp3) is 0.318. The van der Waals surface area contributed by atoms with E-state index in [-0.39, 0.29) is 12.0 Å². The number of fused-ring (bicyclic) bond motifs is 1. The lowest BCUT2D eigenvalue weighted by Gasteiger charge is -2.20. The third-order valence-electron chi connectivity index (χ3n) is 4.10. The number of hydrogen-bond acceptors (Lipinski definition) is 5. The van der Waals surface area contributed by atoms with Gasteiger partial charge in [0.25, 0.3) is 0 Å². The number of carbonyl (C=O) groups excluding carboxylic acids is 1. The van der Waals surface area contributed by atoms with E-state index in [0.717, 1.165) is 22.6 Å². The van der Waals surface area contributed by atoms with Gasteiger partial charge in [0.1, 0.15) is 19.0 Å². The summed E-state index contributed by atoms with van der Waals surface area (Å²) in [6.45, 7) is 6.85. The summed E-state index contributed by atoms with van der Waals surface area (Å²) in [7, 11) is 1.57. The molecule has 1 N–H and O–H groups in total. The molecule has 0 fully saturated rings. The molecule has 0 spiro atoms. The smallest absolute Gasteiger partial charge is 0.248 e. The Kier molecular flexibility index (Phi) is 6.09. The third kappa shape index (κ3) is 4.76. The monoisotopic (exact) mass is 383 g/mol. The number of benzene rings is 2. The zero-order valence-electron chi connectivity index (χ0n) is 16.6. The van der Waals surface area contributed by atoms with Crippen molar-refractivity contribution in [3.05, 3.63) is 47.5 Å². The molecule has 2 aromatic carbocycles. The van der Waals surface area contributed by atoms with E-state index < -0.39 is 0 Å². The Morgan fingerprint density at radius 3 is 2.68 bits per heavy atom. The van der Waals surface area contributed by atoms with Crippen molar-refractivity contribution in [3.8, 4) is 23.0 Å². The number of methoxy groups -OCH3 is 1. The molecule has 0 aliphatic carbocycles. The zero-order valence-corrected chi connectivity index (χ0v) is 16.6. The van der Waals surface area contributed by atoms with Gasteiger partial charge in [0.05, 0.1) is 13.2 Å². The molecule has 1 aliphatic rings. The lowest BCUT2D eigenvalue weighted by molar-refractivity contribution is -0.111. The second-order valence-electron chi connectivity index (χ2n) is 6.71. The summed E-state index contributed by atoms with van der Waals surface area (Å²) in [5.74, 6) is 2.34. The number of carbonyl (C=O) groups is 1. The molecule has 2 aromatic rings. The summed E-state index contributed by atoms with van der Waals surface area (Å²) in [5.41, 5.74) is 2.46. The highest BCUT2D eigenvalue weighted by molar-refractivity contribution is 6.02. The van der Waals surface area contributed by atoms with Crippen LogP contribution in [0.4, 0.5) is 5.69 Å². The van der Waals surface area contributed by atoms with Crippen LogP contribution in [-0.2, 0) is 4.79 Å². The molecule has 28 heavy (non-hydrogen) atoms. The molecule has 0 saturated heterocycles. The maximum Gasteiger partial charge on any atom is 0.248 e. The molecule has 0 radical (unpaired) electrons. The average molecular weight is 383 g/mol. The van der Waals surface area contributed by atoms with Crippen molar-refractivity contribution in [2.45, 2.75) is 26.9 Å². The summed E-state index contributed by atoms with van der Waals surface area (Å²) in [5, 5.41) is 2.88. The van der Waals surface area contributed by atoms with E-state index in [0.29, 0.717) is 30.5 Å². The van der Waals surface area contributed by atoms with Gasteiger partial charge in [0.15, 0.2) is 11.5 Å². The number of nitrogens with one attached hydrogen (secondary N) is 1. The second kappa shape index (κ2) is 8.69. The van der Waals surface area contributed by atoms with E-state index in [1.807, 2.05) is 45.0 Å². The number of ether oxygens (including phenoxy) is 4. The van der Waals surface area contributed by atoms with Gasteiger partial charge in [-0.25, -0.2) is 0 Å². The van der Waals surface area contributed by atoms with E-state index in [1.54, 1.807) is 19.3 Å². The van der Waals surface area contributed by atoms with E-state index in [4.69, 9.17) is 18.9 Å². The fourth-order valence-electron chi connectivity index (χ4n) is 2.86. The molecule has 0 atom stereocenters. The molecule has 6 nitrogen and oxygen atoms in total. The van der Waals surface area contributed by atoms with Gasteiger partial charge >= 0.3 is 0 Å². The molecule has 0 unspecified atom stereocenters. The molecule has 1 aliphatic heterocycles. The van der Waals surface area contributed by atoms with Crippen LogP contribution in [0.3, 0.4) is 0 Å². The Balaban J connectivity index is 1.70. The lowest BCUT2D eigenvalue weighted by atomic mass is 10.1. The van der Waals surface area contributed by atoms with Crippen LogP contribution >= 0.6 is 0 Å². The van der Waals surface area contributed by atoms with Crippen LogP contribution in [0.2, 0.25) is 0 Å². The normalized spacial score (nSPS) is 12.9. The summed E-state index contributed by atoms with van der Waals surface area (Å²) >= 11 is 0. The molecule has 3 rings (SSSR count). The number of hydrogen-bond donors (Lipinski definition) is 1. The minimum Gasteiger partial charge on any atom is -0.493 e. The summed E-state index contributed by atoms with van der Waals surface area (Å²) in [6, 6.07) is 9.22. The molecule has 1 amide bonds. The van der Waals surface area contributed by atoms with Crippen molar-refractivity contribution in [2.24, 2.45) is 0 Å². The average Bonchev–Trinajstić information content (AvgIpc) is 2.67. The van der Waals surface area contributed by atoms with E-state index in [1.165, 1.54) is 6.08 Å². The molecule has 0 saturated carbocycles. The highest BCUT2D eigenvalue weighted by Crippen LogP contribution is 2.40. The van der Waals surface area contributed by atoms with Crippen molar-refractivity contribution < 1.29 is 23.7 Å². The van der Waals surface area contributed by atoms with Gasteiger partial charge < -0.3 is 24.3 Å². The minimum absolute atomic E-state index is 0.103. The first-order valence-electron chi connectivity index (χ1n) is 9.20. The highest BCUT2D eigenvalue weighted by Gasteiger charge is 2.17. The lowest BCUT2D eigenvalue weighted by Crippen LogP contribution is -2.16. The van der Waals surface area contributed by atoms with Gasteiger partial charge in [-0.2, -0.15) is 0 Å². The van der Waals surface area contributed by atoms with Crippen LogP contribution in [-0.4, -0.2) is 32.3 Å². The van der Waals surface area contributed by atoms with E-state index in [2.05, 4.69) is 5.32 Å². The topological polar surface area (TPSA) is 66.0 Å². The van der Waals surface area contributed by atoms with Crippen molar-refractivity contribution >= 4 is 17.7 Å². The van der Waals surface area contributed by atoms with Crippen molar-refractivity contribution in [1.82, 2.24) is 0 Å². The standard InChI is InChI=1S/C22H25NO5/c1-14(2)28-17-6-7-18(15(3)11-17)23-21(24)8-5-16-12-19(25-4)22-20(13-16)26-9-10-27-22/h5-8,11-14H,9-10H2,1-4H3,(H,23,24)/b8-5+. The number of anilines is 1. The summed E-state index contributed by atoms with van der Waals surface area (Å²) < 4.78 is 22.2. The van der Waals surface area contributed by atoms with E-state index in [9.17, 15) is 4.79 Å². The first kappa shape index (κ1) is 19.6. The summed E-state index contributed by atoms with van der Waals surface area (Å²) in [4.78, 5) is 12.3. The Morgan fingerprint density at radius 2 is 1.96 bits per heavy atom. The van der Waals surface area contributed by atoms with Crippen LogP contribution in [0.1, 0.15) is 25.0 Å². The van der Waals surface area contributed by atoms with E-state index >= 15 is 0 Å². The first-order chi connectivity index (χ1) is 13.5. The first-order valence-corrected chi connectivity index (χ1v) is 9.20. The predicted octanol–water partition coefficient (Wildman–Crippen LogP) is 4.21. The Hall–Kier alpha value is -3.15. The van der Waals surface area contributed by atoms with Gasteiger partial charge in [0, 0.05) is 11.8 Å². The quantitative estimate of drug-likeness (QED) is 0.757. The van der Waals surface area contributed by atoms with Gasteiger partial charge in [0.2, 0.25) is 11.7 Å². The molecular formula is C22H25NO5. The maximum atomic E-state index is 12.3. The molecular weight excluding hydrogens is 358 g/mol. The molecule has 0 aromatic heterocycles. The molecule has 6 heteroatoms. The Morgan fingerprint density at radius 1 is 1.18 bits per heavy atom. The Labute approximate surface area is 165 Å². The van der Waals surface area contributed by atoms with Crippen molar-refractivity contribution in [1.29, 1.82) is 0 Å². The summed E-state index contributed by atoms with van der Waals surface area (Å²) in [6.07, 6.45) is 3.29. The van der Waals surface area contributed by atoms with Crippen LogP contribution in [0, 0.1) is 6.92 Å². The highest BCUT2D eigenvalue weighted by atomic mass is 16.6. The van der Waals surface area contributed by atoms with Crippen LogP contribution in [0.5, 0.6) is 23.0 Å². The number of rotatable bonds is 6. The van der Waals surface area contributed by atoms with Gasteiger partial charge in [-0.05, 0) is 68.3 Å². The van der Waals surface area contributed by atoms with Crippen molar-refractivity contribution in [2.75, 3.05) is 25.6 Å². The number of amides is 1. The second-order valence-corrected chi connectivity index (χ2v) is 6.71. The van der Waals surface area contributed by atoms with Crippen LogP contribution < -0.4 is 24.3 Å². The largest absolute Gasteiger partial charge is 0.493 e. The minimum atomic E-state index is -0.227. The van der Waals surface area contributed by atoms with Gasteiger partial charge in [-0.1, -0.05) is 0 Å².